The molecule has 2 heteroatoms. The Morgan fingerprint density at radius 2 is 1.50 bits per heavy atom. The summed E-state index contributed by atoms with van der Waals surface area (Å²) >= 11 is 0. The van der Waals surface area contributed by atoms with E-state index in [0.717, 1.165) is 17.1 Å². The molecule has 0 aliphatic heterocycles. The molecule has 0 amide bonds. The highest BCUT2D eigenvalue weighted by Crippen LogP contribution is 2.23. The fourth-order valence-corrected chi connectivity index (χ4v) is 1.59. The third-order valence-electron chi connectivity index (χ3n) is 2.54. The molecule has 3 N–H and O–H groups in total. The van der Waals surface area contributed by atoms with Gasteiger partial charge in [0.1, 0.15) is 0 Å². The summed E-state index contributed by atoms with van der Waals surface area (Å²) < 4.78 is 0. The van der Waals surface area contributed by atoms with E-state index in [2.05, 4.69) is 36.5 Å². The zero-order chi connectivity index (χ0) is 11.5. The zero-order valence-electron chi connectivity index (χ0n) is 9.62. The molecule has 0 aliphatic rings. The third-order valence-corrected chi connectivity index (χ3v) is 2.54. The van der Waals surface area contributed by atoms with Gasteiger partial charge in [0, 0.05) is 5.69 Å². The molecule has 2 rings (SSSR count). The molecule has 0 spiro atoms. The number of nitrogen functional groups attached to an aromatic ring is 1. The molecule has 0 aromatic heterocycles. The minimum Gasteiger partial charge on any atom is -0.397 e. The number of hydrogen-bond acceptors (Lipinski definition) is 2. The van der Waals surface area contributed by atoms with Crippen LogP contribution in [-0.4, -0.2) is 0 Å². The topological polar surface area (TPSA) is 38.0 Å². The van der Waals surface area contributed by atoms with Crippen molar-refractivity contribution in [2.75, 3.05) is 11.1 Å². The fourth-order valence-electron chi connectivity index (χ4n) is 1.59. The number of benzene rings is 2. The Kier molecular flexibility index (Phi) is 2.82. The Morgan fingerprint density at radius 1 is 0.875 bits per heavy atom. The van der Waals surface area contributed by atoms with Gasteiger partial charge < -0.3 is 11.1 Å². The molecular weight excluding hydrogens is 196 g/mol. The summed E-state index contributed by atoms with van der Waals surface area (Å²) in [6, 6.07) is 14.3. The molecule has 0 radical (unpaired) electrons. The van der Waals surface area contributed by atoms with Crippen LogP contribution in [0.3, 0.4) is 0 Å². The average molecular weight is 212 g/mol. The summed E-state index contributed by atoms with van der Waals surface area (Å²) in [5.74, 6) is 0. The maximum atomic E-state index is 5.94. The van der Waals surface area contributed by atoms with Crippen molar-refractivity contribution in [2.24, 2.45) is 0 Å². The van der Waals surface area contributed by atoms with Crippen molar-refractivity contribution in [2.45, 2.75) is 13.8 Å². The third kappa shape index (κ3) is 2.34. The van der Waals surface area contributed by atoms with E-state index in [4.69, 9.17) is 5.73 Å². The number of nitrogens with one attached hydrogen (secondary N) is 1. The van der Waals surface area contributed by atoms with Gasteiger partial charge in [-0.15, -0.1) is 0 Å². The van der Waals surface area contributed by atoms with E-state index in [-0.39, 0.29) is 0 Å². The Balaban J connectivity index is 2.23. The first kappa shape index (κ1) is 10.6. The van der Waals surface area contributed by atoms with E-state index in [1.165, 1.54) is 11.1 Å². The predicted octanol–water partition coefficient (Wildman–Crippen LogP) is 3.63. The Hall–Kier alpha value is -1.96. The summed E-state index contributed by atoms with van der Waals surface area (Å²) in [7, 11) is 0. The first-order chi connectivity index (χ1) is 7.65. The molecule has 82 valence electrons. The van der Waals surface area contributed by atoms with Gasteiger partial charge in [-0.05, 0) is 43.7 Å². The predicted molar refractivity (Wildman–Crippen MR) is 70.1 cm³/mol. The van der Waals surface area contributed by atoms with Crippen LogP contribution in [0.2, 0.25) is 0 Å². The molecule has 0 saturated heterocycles. The van der Waals surface area contributed by atoms with Crippen molar-refractivity contribution < 1.29 is 0 Å². The van der Waals surface area contributed by atoms with Crippen LogP contribution in [0.4, 0.5) is 17.1 Å². The van der Waals surface area contributed by atoms with Crippen LogP contribution >= 0.6 is 0 Å². The molecule has 2 aromatic carbocycles. The molecule has 0 bridgehead atoms. The molecular formula is C14H16N2. The van der Waals surface area contributed by atoms with Gasteiger partial charge in [0.25, 0.3) is 0 Å². The summed E-state index contributed by atoms with van der Waals surface area (Å²) in [4.78, 5) is 0. The van der Waals surface area contributed by atoms with Crippen LogP contribution in [0.5, 0.6) is 0 Å². The van der Waals surface area contributed by atoms with Crippen LogP contribution in [-0.2, 0) is 0 Å². The van der Waals surface area contributed by atoms with E-state index in [1.807, 2.05) is 25.1 Å². The molecule has 0 aliphatic carbocycles. The summed E-state index contributed by atoms with van der Waals surface area (Å²) in [5.41, 5.74) is 11.2. The van der Waals surface area contributed by atoms with Crippen LogP contribution in [0.25, 0.3) is 0 Å². The number of aryl methyl sites for hydroxylation is 2. The van der Waals surface area contributed by atoms with Crippen LogP contribution < -0.4 is 11.1 Å². The summed E-state index contributed by atoms with van der Waals surface area (Å²) in [5, 5.41) is 3.30. The standard InChI is InChI=1S/C14H16N2/c1-10-3-6-12(7-4-10)16-14-8-5-11(2)9-13(14)15/h3-9,16H,15H2,1-2H3. The molecule has 0 saturated carbocycles. The van der Waals surface area contributed by atoms with Gasteiger partial charge in [-0.25, -0.2) is 0 Å². The van der Waals surface area contributed by atoms with Crippen LogP contribution in [0.1, 0.15) is 11.1 Å². The van der Waals surface area contributed by atoms with Gasteiger partial charge in [-0.1, -0.05) is 23.8 Å². The van der Waals surface area contributed by atoms with Crippen molar-refractivity contribution in [3.05, 3.63) is 53.6 Å². The van der Waals surface area contributed by atoms with E-state index >= 15 is 0 Å². The monoisotopic (exact) mass is 212 g/mol. The number of nitrogens with two attached hydrogens (primary N) is 1. The lowest BCUT2D eigenvalue weighted by atomic mass is 10.2. The Labute approximate surface area is 96.1 Å². The minimum absolute atomic E-state index is 0.778. The first-order valence-electron chi connectivity index (χ1n) is 5.35. The van der Waals surface area contributed by atoms with Gasteiger partial charge in [-0.2, -0.15) is 0 Å². The molecule has 2 nitrogen and oxygen atoms in total. The lowest BCUT2D eigenvalue weighted by Gasteiger charge is -2.10. The van der Waals surface area contributed by atoms with Crippen molar-refractivity contribution in [1.82, 2.24) is 0 Å². The van der Waals surface area contributed by atoms with Crippen LogP contribution in [0, 0.1) is 13.8 Å². The van der Waals surface area contributed by atoms with Gasteiger partial charge >= 0.3 is 0 Å². The largest absolute Gasteiger partial charge is 0.397 e. The van der Waals surface area contributed by atoms with Gasteiger partial charge in [-0.3, -0.25) is 0 Å². The fraction of sp³-hybridized carbons (Fsp3) is 0.143. The van der Waals surface area contributed by atoms with Crippen LogP contribution in [0.15, 0.2) is 42.5 Å². The quantitative estimate of drug-likeness (QED) is 0.746. The number of hydrogen-bond donors (Lipinski definition) is 2. The van der Waals surface area contributed by atoms with E-state index in [9.17, 15) is 0 Å². The molecule has 2 aromatic rings. The van der Waals surface area contributed by atoms with E-state index in [0.29, 0.717) is 0 Å². The highest BCUT2D eigenvalue weighted by molar-refractivity contribution is 5.73. The lowest BCUT2D eigenvalue weighted by Crippen LogP contribution is -1.96. The second kappa shape index (κ2) is 4.27. The van der Waals surface area contributed by atoms with E-state index in [1.54, 1.807) is 0 Å². The second-order valence-corrected chi connectivity index (χ2v) is 4.08. The highest BCUT2D eigenvalue weighted by Gasteiger charge is 1.99. The number of rotatable bonds is 2. The maximum Gasteiger partial charge on any atom is 0.0618 e. The second-order valence-electron chi connectivity index (χ2n) is 4.08. The molecule has 0 fully saturated rings. The van der Waals surface area contributed by atoms with Crippen molar-refractivity contribution in [3.63, 3.8) is 0 Å². The van der Waals surface area contributed by atoms with Crippen molar-refractivity contribution in [1.29, 1.82) is 0 Å². The van der Waals surface area contributed by atoms with Crippen molar-refractivity contribution in [3.8, 4) is 0 Å². The summed E-state index contributed by atoms with van der Waals surface area (Å²) in [6.07, 6.45) is 0. The van der Waals surface area contributed by atoms with Gasteiger partial charge in [0.05, 0.1) is 11.4 Å². The average Bonchev–Trinajstić information content (AvgIpc) is 2.25. The van der Waals surface area contributed by atoms with E-state index < -0.39 is 0 Å². The normalized spacial score (nSPS) is 10.1. The zero-order valence-corrected chi connectivity index (χ0v) is 9.62. The minimum atomic E-state index is 0.778. The molecule has 0 unspecified atom stereocenters. The Morgan fingerprint density at radius 3 is 2.12 bits per heavy atom. The molecule has 16 heavy (non-hydrogen) atoms. The highest BCUT2D eigenvalue weighted by atomic mass is 14.9. The molecule has 0 atom stereocenters. The first-order valence-corrected chi connectivity index (χ1v) is 5.35. The van der Waals surface area contributed by atoms with Crippen molar-refractivity contribution >= 4 is 17.1 Å². The summed E-state index contributed by atoms with van der Waals surface area (Å²) in [6.45, 7) is 4.11. The maximum absolute atomic E-state index is 5.94. The SMILES string of the molecule is Cc1ccc(Nc2ccc(C)cc2N)cc1. The van der Waals surface area contributed by atoms with Gasteiger partial charge in [0.15, 0.2) is 0 Å². The Bertz CT molecular complexity index is 487. The molecule has 0 heterocycles. The number of anilines is 3. The van der Waals surface area contributed by atoms with Gasteiger partial charge in [0.2, 0.25) is 0 Å². The lowest BCUT2D eigenvalue weighted by molar-refractivity contribution is 1.43. The smallest absolute Gasteiger partial charge is 0.0618 e.